The van der Waals surface area contributed by atoms with Gasteiger partial charge in [0.15, 0.2) is 4.34 Å². The average Bonchev–Trinajstić information content (AvgIpc) is 2.98. The maximum Gasteiger partial charge on any atom is 0.206 e. The van der Waals surface area contributed by atoms with Gasteiger partial charge in [-0.1, -0.05) is 59.0 Å². The molecule has 112 valence electrons. The first-order valence-electron chi connectivity index (χ1n) is 6.61. The van der Waals surface area contributed by atoms with E-state index >= 15 is 0 Å². The summed E-state index contributed by atoms with van der Waals surface area (Å²) in [6, 6.07) is 10.0. The van der Waals surface area contributed by atoms with Crippen molar-refractivity contribution >= 4 is 50.7 Å². The lowest BCUT2D eigenvalue weighted by atomic mass is 10.2. The fourth-order valence-electron chi connectivity index (χ4n) is 1.88. The SMILES string of the molecule is C=CCNc1nnc(SCc2cc3ccccc3nc2Cl)s1. The van der Waals surface area contributed by atoms with Gasteiger partial charge < -0.3 is 5.32 Å². The van der Waals surface area contributed by atoms with Crippen LogP contribution in [0.1, 0.15) is 5.56 Å². The van der Waals surface area contributed by atoms with E-state index in [-0.39, 0.29) is 0 Å². The summed E-state index contributed by atoms with van der Waals surface area (Å²) in [7, 11) is 0. The number of thioether (sulfide) groups is 1. The predicted molar refractivity (Wildman–Crippen MR) is 94.9 cm³/mol. The van der Waals surface area contributed by atoms with E-state index in [9.17, 15) is 0 Å². The van der Waals surface area contributed by atoms with Crippen LogP contribution in [0.2, 0.25) is 5.15 Å². The third-order valence-electron chi connectivity index (χ3n) is 2.91. The summed E-state index contributed by atoms with van der Waals surface area (Å²) in [6.07, 6.45) is 1.79. The second-order valence-electron chi connectivity index (χ2n) is 4.46. The molecule has 0 unspecified atom stereocenters. The maximum absolute atomic E-state index is 6.26. The minimum Gasteiger partial charge on any atom is -0.357 e. The van der Waals surface area contributed by atoms with Crippen molar-refractivity contribution in [1.29, 1.82) is 0 Å². The van der Waals surface area contributed by atoms with Gasteiger partial charge in [0.1, 0.15) is 5.15 Å². The molecule has 0 bridgehead atoms. The number of pyridine rings is 1. The first-order chi connectivity index (χ1) is 10.8. The fraction of sp³-hybridized carbons (Fsp3) is 0.133. The van der Waals surface area contributed by atoms with E-state index in [2.05, 4.69) is 33.1 Å². The number of benzene rings is 1. The minimum absolute atomic E-state index is 0.542. The molecular formula is C15H13ClN4S2. The van der Waals surface area contributed by atoms with Crippen molar-refractivity contribution in [3.63, 3.8) is 0 Å². The molecule has 2 heterocycles. The highest BCUT2D eigenvalue weighted by molar-refractivity contribution is 8.00. The first kappa shape index (κ1) is 15.3. The molecule has 0 atom stereocenters. The van der Waals surface area contributed by atoms with E-state index in [0.717, 1.165) is 25.9 Å². The van der Waals surface area contributed by atoms with Gasteiger partial charge >= 0.3 is 0 Å². The van der Waals surface area contributed by atoms with Crippen LogP contribution in [0.25, 0.3) is 10.9 Å². The Morgan fingerprint density at radius 3 is 3.05 bits per heavy atom. The van der Waals surface area contributed by atoms with Crippen LogP contribution in [0, 0.1) is 0 Å². The average molecular weight is 349 g/mol. The Balaban J connectivity index is 1.72. The lowest BCUT2D eigenvalue weighted by Crippen LogP contribution is -1.96. The number of fused-ring (bicyclic) bond motifs is 1. The third kappa shape index (κ3) is 3.58. The Labute approximate surface area is 141 Å². The van der Waals surface area contributed by atoms with Crippen LogP contribution >= 0.6 is 34.7 Å². The van der Waals surface area contributed by atoms with Crippen molar-refractivity contribution in [2.45, 2.75) is 10.1 Å². The van der Waals surface area contributed by atoms with Gasteiger partial charge in [-0.15, -0.1) is 16.8 Å². The van der Waals surface area contributed by atoms with E-state index < -0.39 is 0 Å². The van der Waals surface area contributed by atoms with Crippen molar-refractivity contribution in [3.05, 3.63) is 53.7 Å². The smallest absolute Gasteiger partial charge is 0.206 e. The summed E-state index contributed by atoms with van der Waals surface area (Å²) >= 11 is 9.39. The molecule has 7 heteroatoms. The van der Waals surface area contributed by atoms with Crippen LogP contribution in [-0.4, -0.2) is 21.7 Å². The largest absolute Gasteiger partial charge is 0.357 e. The maximum atomic E-state index is 6.26. The quantitative estimate of drug-likeness (QED) is 0.400. The molecule has 0 spiro atoms. The zero-order valence-corrected chi connectivity index (χ0v) is 14.0. The molecule has 4 nitrogen and oxygen atoms in total. The van der Waals surface area contributed by atoms with Gasteiger partial charge in [-0.25, -0.2) is 4.98 Å². The standard InChI is InChI=1S/C15H13ClN4S2/c1-2-7-17-14-19-20-15(22-14)21-9-11-8-10-5-3-4-6-12(10)18-13(11)16/h2-6,8H,1,7,9H2,(H,17,19). The Morgan fingerprint density at radius 1 is 1.32 bits per heavy atom. The summed E-state index contributed by atoms with van der Waals surface area (Å²) in [6.45, 7) is 4.34. The number of anilines is 1. The summed E-state index contributed by atoms with van der Waals surface area (Å²) in [5, 5.41) is 13.8. The van der Waals surface area contributed by atoms with Crippen molar-refractivity contribution in [2.24, 2.45) is 0 Å². The Morgan fingerprint density at radius 2 is 2.18 bits per heavy atom. The van der Waals surface area contributed by atoms with Gasteiger partial charge in [0.25, 0.3) is 0 Å². The second-order valence-corrected chi connectivity index (χ2v) is 7.02. The van der Waals surface area contributed by atoms with Crippen molar-refractivity contribution in [2.75, 3.05) is 11.9 Å². The highest BCUT2D eigenvalue weighted by atomic mass is 35.5. The zero-order valence-electron chi connectivity index (χ0n) is 11.6. The number of nitrogens with one attached hydrogen (secondary N) is 1. The Hall–Kier alpha value is -1.63. The molecule has 0 aliphatic heterocycles. The molecule has 2 aromatic heterocycles. The highest BCUT2D eigenvalue weighted by Gasteiger charge is 2.08. The van der Waals surface area contributed by atoms with Gasteiger partial charge in [-0.2, -0.15) is 0 Å². The molecule has 0 amide bonds. The monoisotopic (exact) mass is 348 g/mol. The summed E-state index contributed by atoms with van der Waals surface area (Å²) in [5.74, 6) is 0.715. The third-order valence-corrected chi connectivity index (χ3v) is 5.30. The second kappa shape index (κ2) is 7.09. The minimum atomic E-state index is 0.542. The lowest BCUT2D eigenvalue weighted by molar-refractivity contribution is 1.01. The lowest BCUT2D eigenvalue weighted by Gasteiger charge is -2.04. The molecule has 0 fully saturated rings. The Kier molecular flexibility index (Phi) is 4.92. The number of rotatable bonds is 6. The molecule has 3 aromatic rings. The van der Waals surface area contributed by atoms with Crippen LogP contribution in [0.3, 0.4) is 0 Å². The molecular weight excluding hydrogens is 336 g/mol. The van der Waals surface area contributed by atoms with Crippen LogP contribution in [0.5, 0.6) is 0 Å². The predicted octanol–water partition coefficient (Wildman–Crippen LogP) is 4.63. The van der Waals surface area contributed by atoms with E-state index in [1.807, 2.05) is 24.3 Å². The number of hydrogen-bond acceptors (Lipinski definition) is 6. The fourth-order valence-corrected chi connectivity index (χ4v) is 3.90. The van der Waals surface area contributed by atoms with E-state index in [1.165, 1.54) is 11.3 Å². The molecule has 1 aromatic carbocycles. The molecule has 3 rings (SSSR count). The number of aromatic nitrogens is 3. The number of halogens is 1. The number of nitrogens with zero attached hydrogens (tertiary/aromatic N) is 3. The first-order valence-corrected chi connectivity index (χ1v) is 8.79. The van der Waals surface area contributed by atoms with E-state index in [4.69, 9.17) is 11.6 Å². The Bertz CT molecular complexity index is 803. The molecule has 0 aliphatic carbocycles. The molecule has 0 radical (unpaired) electrons. The van der Waals surface area contributed by atoms with E-state index in [1.54, 1.807) is 17.8 Å². The van der Waals surface area contributed by atoms with Gasteiger partial charge in [0, 0.05) is 23.2 Å². The van der Waals surface area contributed by atoms with E-state index in [0.29, 0.717) is 17.5 Å². The topological polar surface area (TPSA) is 50.7 Å². The van der Waals surface area contributed by atoms with Crippen molar-refractivity contribution in [1.82, 2.24) is 15.2 Å². The van der Waals surface area contributed by atoms with Gasteiger partial charge in [0.05, 0.1) is 5.52 Å². The molecule has 0 aliphatic rings. The van der Waals surface area contributed by atoms with Crippen LogP contribution < -0.4 is 5.32 Å². The van der Waals surface area contributed by atoms with Crippen molar-refractivity contribution < 1.29 is 0 Å². The van der Waals surface area contributed by atoms with Crippen LogP contribution in [-0.2, 0) is 5.75 Å². The normalized spacial score (nSPS) is 10.8. The van der Waals surface area contributed by atoms with Crippen molar-refractivity contribution in [3.8, 4) is 0 Å². The summed E-state index contributed by atoms with van der Waals surface area (Å²) in [5.41, 5.74) is 1.91. The number of hydrogen-bond donors (Lipinski definition) is 1. The zero-order chi connectivity index (χ0) is 15.4. The summed E-state index contributed by atoms with van der Waals surface area (Å²) < 4.78 is 0.899. The molecule has 1 N–H and O–H groups in total. The highest BCUT2D eigenvalue weighted by Crippen LogP contribution is 2.31. The molecule has 22 heavy (non-hydrogen) atoms. The number of para-hydroxylation sites is 1. The van der Waals surface area contributed by atoms with Gasteiger partial charge in [0.2, 0.25) is 5.13 Å². The van der Waals surface area contributed by atoms with Crippen LogP contribution in [0.4, 0.5) is 5.13 Å². The molecule has 0 saturated heterocycles. The van der Waals surface area contributed by atoms with Gasteiger partial charge in [-0.05, 0) is 12.1 Å². The van der Waals surface area contributed by atoms with Gasteiger partial charge in [-0.3, -0.25) is 0 Å². The summed E-state index contributed by atoms with van der Waals surface area (Å²) in [4.78, 5) is 4.43. The van der Waals surface area contributed by atoms with Crippen LogP contribution in [0.15, 0.2) is 47.3 Å². The molecule has 0 saturated carbocycles.